The second-order valence-corrected chi connectivity index (χ2v) is 8.25. The summed E-state index contributed by atoms with van der Waals surface area (Å²) in [6, 6.07) is 0. The number of nitrogens with one attached hydrogen (secondary N) is 1. The fraction of sp³-hybridized carbons (Fsp3) is 0.692. The molecular formula is C13H25IN4O3S2. The van der Waals surface area contributed by atoms with E-state index in [1.54, 1.807) is 18.4 Å². The molecule has 0 fully saturated rings. The van der Waals surface area contributed by atoms with Gasteiger partial charge in [-0.3, -0.25) is 4.99 Å². The molecule has 0 radical (unpaired) electrons. The van der Waals surface area contributed by atoms with Crippen molar-refractivity contribution in [2.24, 2.45) is 4.99 Å². The van der Waals surface area contributed by atoms with Gasteiger partial charge >= 0.3 is 0 Å². The molecule has 0 aliphatic heterocycles. The Kier molecular flexibility index (Phi) is 10.9. The molecule has 0 bridgehead atoms. The third-order valence-corrected chi connectivity index (χ3v) is 4.50. The van der Waals surface area contributed by atoms with Crippen LogP contribution in [-0.4, -0.2) is 70.1 Å². The molecule has 1 rings (SSSR count). The molecule has 0 unspecified atom stereocenters. The van der Waals surface area contributed by atoms with Crippen molar-refractivity contribution in [2.45, 2.75) is 13.5 Å². The molecule has 0 amide bonds. The van der Waals surface area contributed by atoms with Crippen molar-refractivity contribution in [2.75, 3.05) is 45.9 Å². The summed E-state index contributed by atoms with van der Waals surface area (Å²) >= 11 is 1.63. The highest BCUT2D eigenvalue weighted by Gasteiger charge is 2.08. The number of hydrogen-bond donors (Lipinski definition) is 1. The normalized spacial score (nSPS) is 11.9. The summed E-state index contributed by atoms with van der Waals surface area (Å²) in [6.45, 7) is 3.87. The Bertz CT molecular complexity index is 590. The number of nitrogens with zero attached hydrogens (tertiary/aromatic N) is 3. The van der Waals surface area contributed by atoms with Crippen LogP contribution < -0.4 is 5.32 Å². The smallest absolute Gasteiger partial charge is 0.193 e. The van der Waals surface area contributed by atoms with Gasteiger partial charge in [0, 0.05) is 32.3 Å². The zero-order chi connectivity index (χ0) is 16.6. The summed E-state index contributed by atoms with van der Waals surface area (Å²) in [5, 5.41) is 6.25. The quantitative estimate of drug-likeness (QED) is 0.262. The van der Waals surface area contributed by atoms with E-state index in [9.17, 15) is 8.42 Å². The highest BCUT2D eigenvalue weighted by atomic mass is 127. The standard InChI is InChI=1S/C13H24N4O3S2.HI/c1-11-16-12(10-21-11)9-17(3)13(14-2)15-5-6-20-7-8-22(4,18)19;/h10H,5-9H2,1-4H3,(H,14,15);1H. The zero-order valence-electron chi connectivity index (χ0n) is 13.9. The summed E-state index contributed by atoms with van der Waals surface area (Å²) in [5.74, 6) is 0.794. The number of ether oxygens (including phenoxy) is 1. The van der Waals surface area contributed by atoms with Gasteiger partial charge in [0.05, 0.1) is 36.2 Å². The lowest BCUT2D eigenvalue weighted by Gasteiger charge is -2.21. The van der Waals surface area contributed by atoms with E-state index in [1.807, 2.05) is 24.3 Å². The van der Waals surface area contributed by atoms with Crippen molar-refractivity contribution >= 4 is 51.1 Å². The van der Waals surface area contributed by atoms with E-state index in [-0.39, 0.29) is 36.3 Å². The van der Waals surface area contributed by atoms with E-state index in [1.165, 1.54) is 6.26 Å². The maximum absolute atomic E-state index is 11.0. The van der Waals surface area contributed by atoms with Gasteiger partial charge in [-0.2, -0.15) is 0 Å². The molecule has 1 aromatic rings. The van der Waals surface area contributed by atoms with Crippen LogP contribution in [0.1, 0.15) is 10.7 Å². The van der Waals surface area contributed by atoms with E-state index < -0.39 is 9.84 Å². The number of thiazole rings is 1. The van der Waals surface area contributed by atoms with Gasteiger partial charge in [0.25, 0.3) is 0 Å². The molecule has 1 aromatic heterocycles. The van der Waals surface area contributed by atoms with Crippen LogP contribution in [0.25, 0.3) is 0 Å². The molecule has 1 N–H and O–H groups in total. The second-order valence-electron chi connectivity index (χ2n) is 4.93. The van der Waals surface area contributed by atoms with Crippen molar-refractivity contribution in [1.82, 2.24) is 15.2 Å². The largest absolute Gasteiger partial charge is 0.379 e. The summed E-state index contributed by atoms with van der Waals surface area (Å²) in [5.41, 5.74) is 1.01. The zero-order valence-corrected chi connectivity index (χ0v) is 17.9. The van der Waals surface area contributed by atoms with Gasteiger partial charge in [-0.15, -0.1) is 35.3 Å². The summed E-state index contributed by atoms with van der Waals surface area (Å²) in [4.78, 5) is 10.6. The molecule has 0 aromatic carbocycles. The maximum Gasteiger partial charge on any atom is 0.193 e. The Balaban J connectivity index is 0.00000484. The van der Waals surface area contributed by atoms with Crippen LogP contribution in [0.3, 0.4) is 0 Å². The molecule has 0 spiro atoms. The minimum absolute atomic E-state index is 0. The minimum atomic E-state index is -2.96. The summed E-state index contributed by atoms with van der Waals surface area (Å²) in [7, 11) is 0.695. The highest BCUT2D eigenvalue weighted by molar-refractivity contribution is 14.0. The molecular weight excluding hydrogens is 451 g/mol. The van der Waals surface area contributed by atoms with Crippen LogP contribution >= 0.6 is 35.3 Å². The number of hydrogen-bond acceptors (Lipinski definition) is 6. The summed E-state index contributed by atoms with van der Waals surface area (Å²) < 4.78 is 27.2. The van der Waals surface area contributed by atoms with Crippen LogP contribution in [0.2, 0.25) is 0 Å². The molecule has 0 saturated carbocycles. The average molecular weight is 476 g/mol. The number of aromatic nitrogens is 1. The molecule has 134 valence electrons. The van der Waals surface area contributed by atoms with E-state index in [4.69, 9.17) is 4.74 Å². The van der Waals surface area contributed by atoms with Gasteiger partial charge in [-0.05, 0) is 6.92 Å². The molecule has 10 heteroatoms. The fourth-order valence-corrected chi connectivity index (χ4v) is 2.76. The molecule has 23 heavy (non-hydrogen) atoms. The SMILES string of the molecule is CN=C(NCCOCCS(C)(=O)=O)N(C)Cc1csc(C)n1.I. The predicted octanol–water partition coefficient (Wildman–Crippen LogP) is 1.14. The van der Waals surface area contributed by atoms with Crippen molar-refractivity contribution in [3.8, 4) is 0 Å². The summed E-state index contributed by atoms with van der Waals surface area (Å²) in [6.07, 6.45) is 1.20. The van der Waals surface area contributed by atoms with Gasteiger partial charge in [0.1, 0.15) is 9.84 Å². The van der Waals surface area contributed by atoms with Gasteiger partial charge in [-0.25, -0.2) is 13.4 Å². The number of halogens is 1. The number of guanidine groups is 1. The Morgan fingerprint density at radius 1 is 1.48 bits per heavy atom. The van der Waals surface area contributed by atoms with Crippen molar-refractivity contribution in [1.29, 1.82) is 0 Å². The Morgan fingerprint density at radius 2 is 2.17 bits per heavy atom. The minimum Gasteiger partial charge on any atom is -0.379 e. The van der Waals surface area contributed by atoms with Gasteiger partial charge in [0.2, 0.25) is 0 Å². The van der Waals surface area contributed by atoms with Crippen LogP contribution in [0.4, 0.5) is 0 Å². The number of aryl methyl sites for hydroxylation is 1. The van der Waals surface area contributed by atoms with Crippen molar-refractivity contribution in [3.63, 3.8) is 0 Å². The number of rotatable bonds is 8. The first kappa shape index (κ1) is 22.5. The van der Waals surface area contributed by atoms with Crippen LogP contribution in [0.15, 0.2) is 10.4 Å². The molecule has 0 saturated heterocycles. The Morgan fingerprint density at radius 3 is 2.70 bits per heavy atom. The third-order valence-electron chi connectivity index (χ3n) is 2.77. The third kappa shape index (κ3) is 10.1. The lowest BCUT2D eigenvalue weighted by atomic mass is 10.4. The Labute approximate surface area is 159 Å². The molecule has 0 atom stereocenters. The number of aliphatic imine (C=N–C) groups is 1. The first-order valence-electron chi connectivity index (χ1n) is 6.90. The fourth-order valence-electron chi connectivity index (χ4n) is 1.73. The van der Waals surface area contributed by atoms with Gasteiger partial charge in [-0.1, -0.05) is 0 Å². The molecule has 0 aliphatic carbocycles. The average Bonchev–Trinajstić information content (AvgIpc) is 2.82. The number of sulfone groups is 1. The van der Waals surface area contributed by atoms with Crippen LogP contribution in [-0.2, 0) is 21.1 Å². The van der Waals surface area contributed by atoms with E-state index >= 15 is 0 Å². The maximum atomic E-state index is 11.0. The van der Waals surface area contributed by atoms with E-state index in [2.05, 4.69) is 15.3 Å². The lowest BCUT2D eigenvalue weighted by molar-refractivity contribution is 0.153. The van der Waals surface area contributed by atoms with Gasteiger partial charge in [0.15, 0.2) is 5.96 Å². The molecule has 0 aliphatic rings. The Hall–Kier alpha value is -0.460. The topological polar surface area (TPSA) is 83.9 Å². The van der Waals surface area contributed by atoms with Crippen molar-refractivity contribution in [3.05, 3.63) is 16.1 Å². The molecule has 7 nitrogen and oxygen atoms in total. The van der Waals surface area contributed by atoms with Gasteiger partial charge < -0.3 is 15.0 Å². The first-order chi connectivity index (χ1) is 10.3. The van der Waals surface area contributed by atoms with E-state index in [0.29, 0.717) is 19.7 Å². The first-order valence-corrected chi connectivity index (χ1v) is 9.84. The van der Waals surface area contributed by atoms with Crippen LogP contribution in [0, 0.1) is 6.92 Å². The second kappa shape index (κ2) is 11.2. The van der Waals surface area contributed by atoms with Crippen LogP contribution in [0.5, 0.6) is 0 Å². The monoisotopic (exact) mass is 476 g/mol. The van der Waals surface area contributed by atoms with Crippen molar-refractivity contribution < 1.29 is 13.2 Å². The lowest BCUT2D eigenvalue weighted by Crippen LogP contribution is -2.40. The van der Waals surface area contributed by atoms with E-state index in [0.717, 1.165) is 16.7 Å². The predicted molar refractivity (Wildman–Crippen MR) is 106 cm³/mol. The molecule has 1 heterocycles. The highest BCUT2D eigenvalue weighted by Crippen LogP contribution is 2.09.